The molecule has 1 aromatic heterocycles. The number of oxazole rings is 1. The van der Waals surface area contributed by atoms with Crippen molar-refractivity contribution in [3.8, 4) is 0 Å². The molecular weight excluding hydrogens is 370 g/mol. The number of fused-ring (bicyclic) bond motifs is 1. The molecule has 0 spiro atoms. The minimum absolute atomic E-state index is 0. The summed E-state index contributed by atoms with van der Waals surface area (Å²) in [5.74, 6) is -0.526. The summed E-state index contributed by atoms with van der Waals surface area (Å²) < 4.78 is 39.4. The van der Waals surface area contributed by atoms with E-state index in [0.717, 1.165) is 19.4 Å². The number of nitrogens with zero attached hydrogens (tertiary/aromatic N) is 1. The maximum atomic E-state index is 12.6. The van der Waals surface area contributed by atoms with Gasteiger partial charge in [-0.25, -0.2) is 17.9 Å². The van der Waals surface area contributed by atoms with E-state index in [-0.39, 0.29) is 35.0 Å². The van der Waals surface area contributed by atoms with Crippen LogP contribution in [0, 0.1) is 0 Å². The van der Waals surface area contributed by atoms with Crippen molar-refractivity contribution in [3.05, 3.63) is 28.7 Å². The number of aromatic nitrogens is 1. The highest BCUT2D eigenvalue weighted by atomic mass is 35.5. The Balaban J connectivity index is 0.00000225. The average molecular weight is 392 g/mol. The minimum Gasteiger partial charge on any atom is -0.408 e. The van der Waals surface area contributed by atoms with E-state index >= 15 is 0 Å². The van der Waals surface area contributed by atoms with Gasteiger partial charge in [0.1, 0.15) is 0 Å². The molecule has 1 aliphatic heterocycles. The summed E-state index contributed by atoms with van der Waals surface area (Å²) in [7, 11) is -0.547. The van der Waals surface area contributed by atoms with Crippen molar-refractivity contribution in [1.82, 2.24) is 14.6 Å². The Kier molecular flexibility index (Phi) is 5.95. The van der Waals surface area contributed by atoms with Crippen LogP contribution < -0.4 is 15.8 Å². The zero-order chi connectivity index (χ0) is 17.4. The molecule has 25 heavy (non-hydrogen) atoms. The zero-order valence-electron chi connectivity index (χ0n) is 14.1. The van der Waals surface area contributed by atoms with Crippen molar-refractivity contribution in [2.24, 2.45) is 7.05 Å². The molecule has 2 N–H and O–H groups in total. The predicted molar refractivity (Wildman–Crippen MR) is 95.7 cm³/mol. The molecule has 1 unspecified atom stereocenters. The molecule has 0 amide bonds. The number of methoxy groups -OCH3 is 1. The van der Waals surface area contributed by atoms with Crippen molar-refractivity contribution in [2.75, 3.05) is 26.8 Å². The second-order valence-electron chi connectivity index (χ2n) is 6.12. The monoisotopic (exact) mass is 391 g/mol. The van der Waals surface area contributed by atoms with E-state index in [0.29, 0.717) is 12.1 Å². The van der Waals surface area contributed by atoms with Crippen molar-refractivity contribution in [3.63, 3.8) is 0 Å². The third-order valence-electron chi connectivity index (χ3n) is 4.43. The highest BCUT2D eigenvalue weighted by molar-refractivity contribution is 7.89. The van der Waals surface area contributed by atoms with E-state index in [9.17, 15) is 13.2 Å². The van der Waals surface area contributed by atoms with Crippen LogP contribution in [0.2, 0.25) is 0 Å². The van der Waals surface area contributed by atoms with E-state index in [1.807, 2.05) is 0 Å². The molecule has 1 saturated heterocycles. The molecule has 1 aliphatic rings. The van der Waals surface area contributed by atoms with Gasteiger partial charge in [-0.2, -0.15) is 0 Å². The highest BCUT2D eigenvalue weighted by Gasteiger charge is 2.34. The fourth-order valence-corrected chi connectivity index (χ4v) is 4.21. The first-order valence-corrected chi connectivity index (χ1v) is 9.18. The molecule has 10 heteroatoms. The maximum Gasteiger partial charge on any atom is 0.419 e. The molecule has 8 nitrogen and oxygen atoms in total. The summed E-state index contributed by atoms with van der Waals surface area (Å²) in [6.45, 7) is 1.51. The van der Waals surface area contributed by atoms with Gasteiger partial charge in [0, 0.05) is 26.8 Å². The van der Waals surface area contributed by atoms with Crippen molar-refractivity contribution < 1.29 is 17.6 Å². The number of aryl methyl sites for hydroxylation is 1. The van der Waals surface area contributed by atoms with Gasteiger partial charge < -0.3 is 14.5 Å². The van der Waals surface area contributed by atoms with Crippen LogP contribution in [-0.4, -0.2) is 45.3 Å². The Hall–Kier alpha value is -1.39. The molecule has 3 rings (SSSR count). The quantitative estimate of drug-likeness (QED) is 0.747. The molecule has 140 valence electrons. The topological polar surface area (TPSA) is 103 Å². The highest BCUT2D eigenvalue weighted by Crippen LogP contribution is 2.21. The Morgan fingerprint density at radius 2 is 2.20 bits per heavy atom. The molecule has 0 bridgehead atoms. The lowest BCUT2D eigenvalue weighted by atomic mass is 9.99. The Morgan fingerprint density at radius 1 is 1.44 bits per heavy atom. The number of sulfonamides is 1. The van der Waals surface area contributed by atoms with Crippen LogP contribution in [0.15, 0.2) is 32.3 Å². The van der Waals surface area contributed by atoms with Crippen LogP contribution in [0.1, 0.15) is 12.8 Å². The van der Waals surface area contributed by atoms with Gasteiger partial charge in [-0.3, -0.25) is 4.57 Å². The number of benzene rings is 1. The zero-order valence-corrected chi connectivity index (χ0v) is 15.7. The van der Waals surface area contributed by atoms with Gasteiger partial charge in [0.2, 0.25) is 10.0 Å². The predicted octanol–water partition coefficient (Wildman–Crippen LogP) is 0.600. The Labute approximate surface area is 152 Å². The molecule has 0 aliphatic carbocycles. The average Bonchev–Trinajstić information content (AvgIpc) is 3.12. The fraction of sp³-hybridized carbons (Fsp3) is 0.533. The summed E-state index contributed by atoms with van der Waals surface area (Å²) in [4.78, 5) is 11.6. The van der Waals surface area contributed by atoms with Gasteiger partial charge in [0.15, 0.2) is 5.58 Å². The first-order valence-electron chi connectivity index (χ1n) is 7.70. The second-order valence-corrected chi connectivity index (χ2v) is 7.89. The normalized spacial score (nSPS) is 20.7. The summed E-state index contributed by atoms with van der Waals surface area (Å²) in [6, 6.07) is 4.39. The van der Waals surface area contributed by atoms with Gasteiger partial charge in [-0.1, -0.05) is 0 Å². The summed E-state index contributed by atoms with van der Waals surface area (Å²) in [5, 5.41) is 3.32. The third kappa shape index (κ3) is 3.90. The number of nitrogens with one attached hydrogen (secondary N) is 2. The lowest BCUT2D eigenvalue weighted by Gasteiger charge is -2.28. The molecule has 0 saturated carbocycles. The van der Waals surface area contributed by atoms with Crippen LogP contribution in [0.4, 0.5) is 0 Å². The van der Waals surface area contributed by atoms with Crippen molar-refractivity contribution in [2.45, 2.75) is 23.3 Å². The lowest BCUT2D eigenvalue weighted by Crippen LogP contribution is -2.52. The van der Waals surface area contributed by atoms with E-state index in [2.05, 4.69) is 10.0 Å². The third-order valence-corrected chi connectivity index (χ3v) is 5.83. The van der Waals surface area contributed by atoms with Crippen molar-refractivity contribution in [1.29, 1.82) is 0 Å². The molecular formula is C15H22ClN3O5S. The van der Waals surface area contributed by atoms with Crippen molar-refractivity contribution >= 4 is 33.5 Å². The van der Waals surface area contributed by atoms with Crippen LogP contribution in [-0.2, 0) is 21.8 Å². The number of ether oxygens (including phenoxy) is 1. The van der Waals surface area contributed by atoms with Crippen LogP contribution in [0.25, 0.3) is 11.1 Å². The van der Waals surface area contributed by atoms with E-state index in [4.69, 9.17) is 9.15 Å². The van der Waals surface area contributed by atoms with E-state index < -0.39 is 15.8 Å². The smallest absolute Gasteiger partial charge is 0.408 e. The molecule has 1 aromatic carbocycles. The van der Waals surface area contributed by atoms with Gasteiger partial charge in [0.05, 0.1) is 22.6 Å². The first-order chi connectivity index (χ1) is 11.4. The number of rotatable bonds is 6. The van der Waals surface area contributed by atoms with Gasteiger partial charge in [-0.15, -0.1) is 12.4 Å². The minimum atomic E-state index is -3.72. The van der Waals surface area contributed by atoms with Crippen LogP contribution in [0.3, 0.4) is 0 Å². The molecule has 1 atom stereocenters. The number of hydrogen-bond acceptors (Lipinski definition) is 6. The molecule has 2 aromatic rings. The van der Waals surface area contributed by atoms with Gasteiger partial charge in [0.25, 0.3) is 0 Å². The van der Waals surface area contributed by atoms with Gasteiger partial charge in [-0.05, 0) is 31.5 Å². The van der Waals surface area contributed by atoms with Crippen LogP contribution in [0.5, 0.6) is 0 Å². The SMILES string of the molecule is COCC1(CNS(=O)(=O)c2ccc3c(c2)oc(=O)n3C)CCCN1.Cl. The standard InChI is InChI=1S/C15H21N3O5S.ClH/c1-18-12-5-4-11(8-13(12)23-14(18)19)24(20,21)17-9-15(10-22-2)6-3-7-16-15;/h4-5,8,16-17H,3,6-7,9-10H2,1-2H3;1H. The summed E-state index contributed by atoms with van der Waals surface area (Å²) >= 11 is 0. The first kappa shape index (κ1) is 19.9. The number of halogens is 1. The fourth-order valence-electron chi connectivity index (χ4n) is 3.07. The second kappa shape index (κ2) is 7.46. The maximum absolute atomic E-state index is 12.6. The number of hydrogen-bond donors (Lipinski definition) is 2. The lowest BCUT2D eigenvalue weighted by molar-refractivity contribution is 0.122. The van der Waals surface area contributed by atoms with E-state index in [1.54, 1.807) is 20.2 Å². The Morgan fingerprint density at radius 3 is 2.84 bits per heavy atom. The van der Waals surface area contributed by atoms with Gasteiger partial charge >= 0.3 is 5.76 Å². The molecule has 1 fully saturated rings. The molecule has 0 radical (unpaired) electrons. The largest absolute Gasteiger partial charge is 0.419 e. The molecule has 2 heterocycles. The summed E-state index contributed by atoms with van der Waals surface area (Å²) in [6.07, 6.45) is 1.82. The Bertz CT molecular complexity index is 900. The summed E-state index contributed by atoms with van der Waals surface area (Å²) in [5.41, 5.74) is 0.411. The van der Waals surface area contributed by atoms with E-state index in [1.165, 1.54) is 16.7 Å². The van der Waals surface area contributed by atoms with Crippen LogP contribution >= 0.6 is 12.4 Å².